The van der Waals surface area contributed by atoms with Crippen molar-refractivity contribution in [1.29, 1.82) is 0 Å². The molecule has 0 aliphatic rings. The Balaban J connectivity index is 0.000000431. The summed E-state index contributed by atoms with van der Waals surface area (Å²) in [5.41, 5.74) is 6.35. The summed E-state index contributed by atoms with van der Waals surface area (Å²) >= 11 is 0. The van der Waals surface area contributed by atoms with Crippen molar-refractivity contribution in [1.82, 2.24) is 4.98 Å². The normalized spacial score (nSPS) is 13.5. The van der Waals surface area contributed by atoms with Gasteiger partial charge in [-0.3, -0.25) is 9.78 Å². The van der Waals surface area contributed by atoms with E-state index in [2.05, 4.69) is 118 Å². The first-order chi connectivity index (χ1) is 19.5. The second-order valence-electron chi connectivity index (χ2n) is 16.3. The maximum atomic E-state index is 12.5. The predicted molar refractivity (Wildman–Crippen MR) is 186 cm³/mol. The molecule has 1 unspecified atom stereocenters. The Morgan fingerprint density at radius 1 is 0.886 bits per heavy atom. The molecule has 3 rings (SSSR count). The van der Waals surface area contributed by atoms with Crippen molar-refractivity contribution in [2.24, 2.45) is 21.7 Å². The number of nitrogens with zero attached hydrogens (tertiary/aromatic N) is 1. The van der Waals surface area contributed by atoms with E-state index >= 15 is 0 Å². The molecule has 0 saturated heterocycles. The van der Waals surface area contributed by atoms with Gasteiger partial charge in [-0.1, -0.05) is 121 Å². The van der Waals surface area contributed by atoms with Crippen LogP contribution in [0, 0.1) is 41.6 Å². The van der Waals surface area contributed by atoms with E-state index in [9.17, 15) is 9.90 Å². The van der Waals surface area contributed by atoms with Gasteiger partial charge in [0, 0.05) is 42.4 Å². The number of aliphatic hydroxyl groups excluding tert-OH is 1. The van der Waals surface area contributed by atoms with Crippen LogP contribution in [0.4, 0.5) is 0 Å². The summed E-state index contributed by atoms with van der Waals surface area (Å²) in [6.07, 6.45) is 4.21. The first-order valence-corrected chi connectivity index (χ1v) is 15.9. The van der Waals surface area contributed by atoms with Crippen molar-refractivity contribution >= 4 is 16.7 Å². The molecule has 0 bridgehead atoms. The van der Waals surface area contributed by atoms with Crippen LogP contribution in [-0.2, 0) is 24.9 Å². The van der Waals surface area contributed by atoms with Crippen LogP contribution < -0.4 is 0 Å². The fourth-order valence-corrected chi connectivity index (χ4v) is 6.35. The molecule has 0 spiro atoms. The van der Waals surface area contributed by atoms with Crippen LogP contribution >= 0.6 is 0 Å². The fraction of sp³-hybridized carbons (Fsp3) is 0.550. The first kappa shape index (κ1) is 39.7. The summed E-state index contributed by atoms with van der Waals surface area (Å²) in [7, 11) is 0. The minimum atomic E-state index is -0.454. The van der Waals surface area contributed by atoms with Gasteiger partial charge in [-0.15, -0.1) is 34.9 Å². The van der Waals surface area contributed by atoms with Gasteiger partial charge in [-0.25, -0.2) is 0 Å². The molecule has 0 fully saturated rings. The van der Waals surface area contributed by atoms with Gasteiger partial charge in [0.25, 0.3) is 0 Å². The number of rotatable bonds is 8. The molecule has 0 saturated carbocycles. The van der Waals surface area contributed by atoms with Crippen molar-refractivity contribution < 1.29 is 30.0 Å². The van der Waals surface area contributed by atoms with E-state index in [0.29, 0.717) is 5.92 Å². The van der Waals surface area contributed by atoms with E-state index < -0.39 is 5.41 Å². The molecule has 3 nitrogen and oxygen atoms in total. The zero-order valence-corrected chi connectivity index (χ0v) is 32.3. The zero-order valence-electron chi connectivity index (χ0n) is 30.0. The number of ketones is 1. The summed E-state index contributed by atoms with van der Waals surface area (Å²) in [5.74, 6) is 0.735. The van der Waals surface area contributed by atoms with Gasteiger partial charge in [0.05, 0.1) is 5.52 Å². The molecule has 2 aromatic carbocycles. The molecule has 4 heteroatoms. The Kier molecular flexibility index (Phi) is 13.8. The summed E-state index contributed by atoms with van der Waals surface area (Å²) < 4.78 is 0. The van der Waals surface area contributed by atoms with Gasteiger partial charge in [-0.2, -0.15) is 0 Å². The summed E-state index contributed by atoms with van der Waals surface area (Å²) in [6.45, 7) is 29.5. The van der Waals surface area contributed by atoms with Gasteiger partial charge in [0.15, 0.2) is 5.78 Å². The Labute approximate surface area is 282 Å². The van der Waals surface area contributed by atoms with Crippen LogP contribution in [0.25, 0.3) is 22.2 Å². The minimum Gasteiger partial charge on any atom is -0.512 e. The van der Waals surface area contributed by atoms with Gasteiger partial charge < -0.3 is 5.11 Å². The predicted octanol–water partition coefficient (Wildman–Crippen LogP) is 11.8. The van der Waals surface area contributed by atoms with Gasteiger partial charge in [0.1, 0.15) is 5.76 Å². The largest absolute Gasteiger partial charge is 0.512 e. The number of allylic oxidation sites excluding steroid dienone is 2. The van der Waals surface area contributed by atoms with Crippen molar-refractivity contribution in [3.05, 3.63) is 77.1 Å². The third kappa shape index (κ3) is 11.9. The molecule has 44 heavy (non-hydrogen) atoms. The Morgan fingerprint density at radius 3 is 1.95 bits per heavy atom. The average Bonchev–Trinajstić information content (AvgIpc) is 2.84. The number of carbonyl (C=O) groups excluding carboxylic acids is 1. The standard InChI is InChI=1S/C21H22N.C19H36O2.Ir/c1-5-16(4)19-13-21(17-11-14(2)10-15(3)12-17)22-20-9-7-6-8-18(19)20;1-16(2,3)12-18(7,8)14(20)11-15(21)19(9,10)13-17(4,5)6;/h6-11,13,16H,5H2,1-4H3;11,20H,12-13H2,1-10H3;/q-1;;/b;14-11-;. The molecule has 0 aliphatic carbocycles. The second kappa shape index (κ2) is 15.3. The number of hydrogen-bond donors (Lipinski definition) is 1. The summed E-state index contributed by atoms with van der Waals surface area (Å²) in [6, 6.07) is 18.5. The topological polar surface area (TPSA) is 50.2 Å². The van der Waals surface area contributed by atoms with Crippen molar-refractivity contribution in [3.8, 4) is 11.3 Å². The van der Waals surface area contributed by atoms with E-state index in [4.69, 9.17) is 4.98 Å². The Hall–Kier alpha value is -2.29. The molecule has 1 N–H and O–H groups in total. The van der Waals surface area contributed by atoms with Crippen molar-refractivity contribution in [2.45, 2.75) is 122 Å². The van der Waals surface area contributed by atoms with Crippen LogP contribution in [0.15, 0.2) is 54.3 Å². The first-order valence-electron chi connectivity index (χ1n) is 15.9. The van der Waals surface area contributed by atoms with Gasteiger partial charge in [-0.05, 0) is 53.3 Å². The second-order valence-corrected chi connectivity index (χ2v) is 16.3. The number of pyridine rings is 1. The van der Waals surface area contributed by atoms with Crippen LogP contribution in [0.5, 0.6) is 0 Å². The number of para-hydroxylation sites is 1. The van der Waals surface area contributed by atoms with E-state index in [-0.39, 0.29) is 47.9 Å². The van der Waals surface area contributed by atoms with Crippen molar-refractivity contribution in [3.63, 3.8) is 0 Å². The quantitative estimate of drug-likeness (QED) is 0.141. The van der Waals surface area contributed by atoms with Crippen LogP contribution in [0.1, 0.15) is 125 Å². The molecule has 1 aromatic heterocycles. The molecule has 245 valence electrons. The Bertz CT molecular complexity index is 1410. The van der Waals surface area contributed by atoms with Crippen LogP contribution in [-0.4, -0.2) is 15.9 Å². The smallest absolute Gasteiger partial charge is 0.164 e. The number of hydrogen-bond acceptors (Lipinski definition) is 3. The number of aryl methyl sites for hydroxylation is 2. The zero-order chi connectivity index (χ0) is 33.0. The molecule has 3 aromatic rings. The van der Waals surface area contributed by atoms with Gasteiger partial charge >= 0.3 is 0 Å². The molecule has 1 heterocycles. The number of fused-ring (bicyclic) bond motifs is 1. The third-order valence-electron chi connectivity index (χ3n) is 7.89. The van der Waals surface area contributed by atoms with Crippen molar-refractivity contribution in [2.75, 3.05) is 0 Å². The summed E-state index contributed by atoms with van der Waals surface area (Å²) in [4.78, 5) is 17.4. The summed E-state index contributed by atoms with van der Waals surface area (Å²) in [5, 5.41) is 11.7. The van der Waals surface area contributed by atoms with E-state index in [1.807, 2.05) is 27.7 Å². The molecule has 0 amide bonds. The fourth-order valence-electron chi connectivity index (χ4n) is 6.35. The van der Waals surface area contributed by atoms with E-state index in [0.717, 1.165) is 41.6 Å². The number of benzene rings is 2. The average molecular weight is 777 g/mol. The molecule has 1 atom stereocenters. The maximum Gasteiger partial charge on any atom is 0.164 e. The Morgan fingerprint density at radius 2 is 1.43 bits per heavy atom. The molecule has 1 radical (unpaired) electrons. The minimum absolute atomic E-state index is 0. The van der Waals surface area contributed by atoms with E-state index in [1.165, 1.54) is 22.6 Å². The maximum absolute atomic E-state index is 12.5. The molecule has 0 aliphatic heterocycles. The third-order valence-corrected chi connectivity index (χ3v) is 7.89. The number of carbonyl (C=O) groups is 1. The molecular formula is C40H58IrNO2-. The van der Waals surface area contributed by atoms with Gasteiger partial charge in [0.2, 0.25) is 0 Å². The van der Waals surface area contributed by atoms with Crippen LogP contribution in [0.2, 0.25) is 0 Å². The van der Waals surface area contributed by atoms with E-state index in [1.54, 1.807) is 0 Å². The molecular weight excluding hydrogens is 719 g/mol. The van der Waals surface area contributed by atoms with Crippen LogP contribution in [0.3, 0.4) is 0 Å². The number of aromatic nitrogens is 1. The monoisotopic (exact) mass is 777 g/mol. The number of aliphatic hydroxyl groups is 1. The SMILES string of the molecule is CC(C)(C)CC(C)(C)C(=O)/C=C(\O)C(C)(C)CC(C)(C)C.CCC(C)c1cc(-c2[c-]c(C)cc(C)c2)nc2ccccc12.[Ir].